The Balaban J connectivity index is 2.14. The number of nitrogens with two attached hydrogens (primary N) is 3. The van der Waals surface area contributed by atoms with E-state index in [4.69, 9.17) is 22.6 Å². The Morgan fingerprint density at radius 1 is 1.00 bits per heavy atom. The number of hydrogen-bond donors (Lipinski definition) is 4. The van der Waals surface area contributed by atoms with E-state index in [1.807, 2.05) is 35.0 Å². The van der Waals surface area contributed by atoms with E-state index in [0.29, 0.717) is 17.0 Å². The molecule has 2 heterocycles. The summed E-state index contributed by atoms with van der Waals surface area (Å²) in [6.07, 6.45) is 0. The maximum Gasteiger partial charge on any atom is 0.0877 e. The second-order valence-corrected chi connectivity index (χ2v) is 6.36. The Hall–Kier alpha value is -1.89. The van der Waals surface area contributed by atoms with Gasteiger partial charge in [0.15, 0.2) is 0 Å². The molecule has 0 aromatic carbocycles. The fourth-order valence-electron chi connectivity index (χ4n) is 2.30. The monoisotopic (exact) mass is 302 g/mol. The average molecular weight is 302 g/mol. The highest BCUT2D eigenvalue weighted by Crippen LogP contribution is 2.36. The summed E-state index contributed by atoms with van der Waals surface area (Å²) in [6.45, 7) is 0. The molecular formula is C14H14N4S2. The number of thiophene rings is 2. The van der Waals surface area contributed by atoms with Crippen LogP contribution in [0.2, 0.25) is 0 Å². The molecule has 1 aliphatic carbocycles. The van der Waals surface area contributed by atoms with Crippen LogP contribution in [0.1, 0.15) is 9.75 Å². The Morgan fingerprint density at radius 3 is 2.15 bits per heavy atom. The van der Waals surface area contributed by atoms with Gasteiger partial charge in [0, 0.05) is 26.6 Å². The molecule has 20 heavy (non-hydrogen) atoms. The van der Waals surface area contributed by atoms with Crippen LogP contribution in [-0.4, -0.2) is 11.8 Å². The Morgan fingerprint density at radius 2 is 1.60 bits per heavy atom. The summed E-state index contributed by atoms with van der Waals surface area (Å²) in [4.78, 5) is 1.89. The summed E-state index contributed by atoms with van der Waals surface area (Å²) < 4.78 is 0. The SMILES string of the molecule is N=C1C(N)=C(c2cccs2)C(N)C(N)=C1c1cccs1. The van der Waals surface area contributed by atoms with Gasteiger partial charge in [0.05, 0.1) is 17.5 Å². The van der Waals surface area contributed by atoms with E-state index in [1.54, 1.807) is 11.3 Å². The summed E-state index contributed by atoms with van der Waals surface area (Å²) in [6, 6.07) is 7.26. The largest absolute Gasteiger partial charge is 0.400 e. The van der Waals surface area contributed by atoms with Crippen molar-refractivity contribution in [3.63, 3.8) is 0 Å². The molecular weight excluding hydrogens is 288 g/mol. The molecule has 4 nitrogen and oxygen atoms in total. The molecule has 0 spiro atoms. The van der Waals surface area contributed by atoms with E-state index in [9.17, 15) is 0 Å². The van der Waals surface area contributed by atoms with Crippen molar-refractivity contribution in [1.82, 2.24) is 0 Å². The molecule has 1 aliphatic rings. The summed E-state index contributed by atoms with van der Waals surface area (Å²) in [5, 5.41) is 12.2. The number of rotatable bonds is 2. The molecule has 0 fully saturated rings. The molecule has 0 saturated heterocycles. The third kappa shape index (κ3) is 1.89. The summed E-state index contributed by atoms with van der Waals surface area (Å²) in [5.41, 5.74) is 21.2. The van der Waals surface area contributed by atoms with Crippen LogP contribution in [0.4, 0.5) is 0 Å². The van der Waals surface area contributed by atoms with Gasteiger partial charge in [-0.25, -0.2) is 0 Å². The minimum absolute atomic E-state index is 0.259. The van der Waals surface area contributed by atoms with Crippen LogP contribution in [0.5, 0.6) is 0 Å². The van der Waals surface area contributed by atoms with Crippen LogP contribution in [0.25, 0.3) is 11.1 Å². The first-order chi connectivity index (χ1) is 9.61. The third-order valence-electron chi connectivity index (χ3n) is 3.30. The van der Waals surface area contributed by atoms with Crippen LogP contribution in [-0.2, 0) is 0 Å². The number of hydrogen-bond acceptors (Lipinski definition) is 6. The Bertz CT molecular complexity index is 708. The molecule has 2 aromatic rings. The van der Waals surface area contributed by atoms with Crippen molar-refractivity contribution >= 4 is 39.5 Å². The summed E-state index contributed by atoms with van der Waals surface area (Å²) >= 11 is 3.08. The molecule has 2 aromatic heterocycles. The molecule has 1 atom stereocenters. The highest BCUT2D eigenvalue weighted by molar-refractivity contribution is 7.12. The maximum atomic E-state index is 8.32. The first kappa shape index (κ1) is 13.1. The van der Waals surface area contributed by atoms with Gasteiger partial charge in [-0.15, -0.1) is 22.7 Å². The highest BCUT2D eigenvalue weighted by Gasteiger charge is 2.31. The lowest BCUT2D eigenvalue weighted by Gasteiger charge is -2.27. The van der Waals surface area contributed by atoms with Crippen LogP contribution in [0.3, 0.4) is 0 Å². The second kappa shape index (κ2) is 4.90. The summed E-state index contributed by atoms with van der Waals surface area (Å²) in [5.74, 6) is 0. The van der Waals surface area contributed by atoms with Gasteiger partial charge in [0.1, 0.15) is 0 Å². The van der Waals surface area contributed by atoms with Crippen molar-refractivity contribution in [2.75, 3.05) is 0 Å². The first-order valence-electron chi connectivity index (χ1n) is 6.03. The minimum atomic E-state index is -0.472. The van der Waals surface area contributed by atoms with E-state index in [0.717, 1.165) is 15.3 Å². The van der Waals surface area contributed by atoms with Crippen molar-refractivity contribution < 1.29 is 0 Å². The van der Waals surface area contributed by atoms with Crippen molar-refractivity contribution in [1.29, 1.82) is 5.41 Å². The van der Waals surface area contributed by atoms with E-state index >= 15 is 0 Å². The highest BCUT2D eigenvalue weighted by atomic mass is 32.1. The average Bonchev–Trinajstić information content (AvgIpc) is 3.10. The second-order valence-electron chi connectivity index (χ2n) is 4.46. The van der Waals surface area contributed by atoms with Gasteiger partial charge in [-0.3, -0.25) is 5.41 Å². The first-order valence-corrected chi connectivity index (χ1v) is 7.79. The quantitative estimate of drug-likeness (QED) is 0.684. The maximum absolute atomic E-state index is 8.32. The van der Waals surface area contributed by atoms with Gasteiger partial charge in [0.2, 0.25) is 0 Å². The van der Waals surface area contributed by atoms with Gasteiger partial charge in [-0.2, -0.15) is 0 Å². The molecule has 0 bridgehead atoms. The zero-order chi connectivity index (χ0) is 14.3. The lowest BCUT2D eigenvalue weighted by Crippen LogP contribution is -2.37. The number of nitrogens with one attached hydrogen (secondary N) is 1. The topological polar surface area (TPSA) is 102 Å². The molecule has 6 heteroatoms. The van der Waals surface area contributed by atoms with E-state index in [2.05, 4.69) is 0 Å². The lowest BCUT2D eigenvalue weighted by molar-refractivity contribution is 0.945. The van der Waals surface area contributed by atoms with Crippen molar-refractivity contribution in [2.24, 2.45) is 17.2 Å². The third-order valence-corrected chi connectivity index (χ3v) is 5.09. The lowest BCUT2D eigenvalue weighted by atomic mass is 9.87. The van der Waals surface area contributed by atoms with Gasteiger partial charge in [0.25, 0.3) is 0 Å². The van der Waals surface area contributed by atoms with Crippen molar-refractivity contribution in [3.8, 4) is 0 Å². The molecule has 3 rings (SSSR count). The molecule has 0 amide bonds. The predicted molar refractivity (Wildman–Crippen MR) is 86.6 cm³/mol. The van der Waals surface area contributed by atoms with Gasteiger partial charge >= 0.3 is 0 Å². The predicted octanol–water partition coefficient (Wildman–Crippen LogP) is 2.21. The molecule has 0 aliphatic heterocycles. The van der Waals surface area contributed by atoms with Crippen LogP contribution < -0.4 is 17.2 Å². The van der Waals surface area contributed by atoms with Gasteiger partial charge in [-0.05, 0) is 22.9 Å². The van der Waals surface area contributed by atoms with Crippen LogP contribution >= 0.6 is 22.7 Å². The van der Waals surface area contributed by atoms with Crippen LogP contribution in [0, 0.1) is 5.41 Å². The molecule has 7 N–H and O–H groups in total. The zero-order valence-corrected chi connectivity index (χ0v) is 12.2. The van der Waals surface area contributed by atoms with E-state index in [-0.39, 0.29) is 5.71 Å². The fourth-order valence-corrected chi connectivity index (χ4v) is 3.92. The Labute approximate surface area is 124 Å². The Kier molecular flexibility index (Phi) is 3.21. The number of allylic oxidation sites excluding steroid dienone is 1. The smallest absolute Gasteiger partial charge is 0.0877 e. The molecule has 0 saturated carbocycles. The molecule has 0 radical (unpaired) electrons. The van der Waals surface area contributed by atoms with Gasteiger partial charge in [-0.1, -0.05) is 12.1 Å². The van der Waals surface area contributed by atoms with Crippen LogP contribution in [0.15, 0.2) is 46.4 Å². The zero-order valence-electron chi connectivity index (χ0n) is 10.6. The van der Waals surface area contributed by atoms with Gasteiger partial charge < -0.3 is 17.2 Å². The minimum Gasteiger partial charge on any atom is -0.400 e. The van der Waals surface area contributed by atoms with Crippen molar-refractivity contribution in [3.05, 3.63) is 56.2 Å². The van der Waals surface area contributed by atoms with E-state index < -0.39 is 6.04 Å². The molecule has 102 valence electrons. The molecule has 1 unspecified atom stereocenters. The standard InChI is InChI=1S/C14H14N4S2/c15-11-9(7-3-1-5-19-7)12(16)14(18)10(13(11)17)8-4-2-6-20-8/h1-6,11,18H,15-17H2. The summed E-state index contributed by atoms with van der Waals surface area (Å²) in [7, 11) is 0. The van der Waals surface area contributed by atoms with E-state index in [1.165, 1.54) is 11.3 Å². The van der Waals surface area contributed by atoms with Crippen molar-refractivity contribution in [2.45, 2.75) is 6.04 Å². The fraction of sp³-hybridized carbons (Fsp3) is 0.0714. The normalized spacial score (nSPS) is 19.9.